The molecule has 0 aliphatic heterocycles. The molecule has 2 aliphatic rings. The summed E-state index contributed by atoms with van der Waals surface area (Å²) in [7, 11) is 0. The zero-order chi connectivity index (χ0) is 12.6. The fraction of sp³-hybridized carbons (Fsp3) is 0.529. The van der Waals surface area contributed by atoms with Crippen LogP contribution in [0, 0.1) is 23.2 Å². The van der Waals surface area contributed by atoms with Crippen LogP contribution in [-0.2, 0) is 0 Å². The monoisotopic (exact) mass is 240 g/mol. The maximum atomic E-state index is 10.7. The third kappa shape index (κ3) is 1.85. The predicted octanol–water partition coefficient (Wildman–Crippen LogP) is 3.37. The van der Waals surface area contributed by atoms with Crippen LogP contribution >= 0.6 is 0 Å². The molecule has 1 aromatic rings. The van der Waals surface area contributed by atoms with Crippen molar-refractivity contribution in [2.24, 2.45) is 11.3 Å². The van der Waals surface area contributed by atoms with E-state index in [1.54, 1.807) is 0 Å². The molecule has 2 aliphatic carbocycles. The average molecular weight is 240 g/mol. The fourth-order valence-corrected chi connectivity index (χ4v) is 3.87. The Hall–Kier alpha value is -1.26. The Morgan fingerprint density at radius 2 is 2.00 bits per heavy atom. The lowest BCUT2D eigenvalue weighted by atomic mass is 9.47. The molecule has 0 amide bonds. The van der Waals surface area contributed by atoms with Gasteiger partial charge in [-0.1, -0.05) is 49.8 Å². The van der Waals surface area contributed by atoms with Crippen molar-refractivity contribution in [2.75, 3.05) is 0 Å². The van der Waals surface area contributed by atoms with Crippen LogP contribution in [-0.4, -0.2) is 10.7 Å². The van der Waals surface area contributed by atoms with Gasteiger partial charge >= 0.3 is 0 Å². The number of aliphatic hydroxyl groups is 1. The van der Waals surface area contributed by atoms with Gasteiger partial charge in [0.2, 0.25) is 0 Å². The average Bonchev–Trinajstić information content (AvgIpc) is 2.36. The second-order valence-electron chi connectivity index (χ2n) is 6.17. The van der Waals surface area contributed by atoms with Gasteiger partial charge in [-0.2, -0.15) is 0 Å². The van der Waals surface area contributed by atoms with Gasteiger partial charge in [0.25, 0.3) is 0 Å². The third-order valence-corrected chi connectivity index (χ3v) is 4.78. The van der Waals surface area contributed by atoms with Crippen LogP contribution in [0.15, 0.2) is 30.3 Å². The summed E-state index contributed by atoms with van der Waals surface area (Å²) in [4.78, 5) is 0. The zero-order valence-electron chi connectivity index (χ0n) is 10.9. The lowest BCUT2D eigenvalue weighted by Crippen LogP contribution is -2.60. The minimum atomic E-state index is -0.731. The van der Waals surface area contributed by atoms with Gasteiger partial charge in [0, 0.05) is 11.5 Å². The van der Waals surface area contributed by atoms with Crippen molar-refractivity contribution in [3.63, 3.8) is 0 Å². The molecular formula is C17H20O. The first-order chi connectivity index (χ1) is 8.62. The summed E-state index contributed by atoms with van der Waals surface area (Å²) in [5.41, 5.74) is 0.610. The highest BCUT2D eigenvalue weighted by atomic mass is 16.3. The Bertz CT molecular complexity index is 495. The van der Waals surface area contributed by atoms with Gasteiger partial charge in [-0.3, -0.25) is 0 Å². The van der Waals surface area contributed by atoms with Crippen LogP contribution in [0.2, 0.25) is 0 Å². The SMILES string of the molecule is CC12CCCCC1C(O)(C#Cc1ccccc1)C2. The largest absolute Gasteiger partial charge is 0.377 e. The van der Waals surface area contributed by atoms with Crippen LogP contribution < -0.4 is 0 Å². The summed E-state index contributed by atoms with van der Waals surface area (Å²) in [6, 6.07) is 9.95. The van der Waals surface area contributed by atoms with Gasteiger partial charge in [-0.25, -0.2) is 0 Å². The van der Waals surface area contributed by atoms with Crippen molar-refractivity contribution in [3.05, 3.63) is 35.9 Å². The lowest BCUT2D eigenvalue weighted by Gasteiger charge is -2.59. The maximum absolute atomic E-state index is 10.7. The van der Waals surface area contributed by atoms with Crippen molar-refractivity contribution >= 4 is 0 Å². The smallest absolute Gasteiger partial charge is 0.129 e. The minimum Gasteiger partial charge on any atom is -0.377 e. The van der Waals surface area contributed by atoms with Crippen molar-refractivity contribution < 1.29 is 5.11 Å². The molecule has 1 nitrogen and oxygen atoms in total. The predicted molar refractivity (Wildman–Crippen MR) is 73.0 cm³/mol. The Balaban J connectivity index is 1.80. The summed E-state index contributed by atoms with van der Waals surface area (Å²) in [6.45, 7) is 2.31. The van der Waals surface area contributed by atoms with E-state index in [0.29, 0.717) is 11.3 Å². The summed E-state index contributed by atoms with van der Waals surface area (Å²) >= 11 is 0. The van der Waals surface area contributed by atoms with E-state index in [1.807, 2.05) is 30.3 Å². The fourth-order valence-electron chi connectivity index (χ4n) is 3.87. The van der Waals surface area contributed by atoms with Crippen LogP contribution in [0.25, 0.3) is 0 Å². The van der Waals surface area contributed by atoms with Gasteiger partial charge in [-0.15, -0.1) is 0 Å². The molecule has 1 heteroatoms. The molecule has 0 bridgehead atoms. The number of rotatable bonds is 0. The molecule has 0 aromatic heterocycles. The Morgan fingerprint density at radius 1 is 1.22 bits per heavy atom. The topological polar surface area (TPSA) is 20.2 Å². The Morgan fingerprint density at radius 3 is 2.72 bits per heavy atom. The zero-order valence-corrected chi connectivity index (χ0v) is 10.9. The molecule has 3 atom stereocenters. The van der Waals surface area contributed by atoms with Crippen molar-refractivity contribution in [1.29, 1.82) is 0 Å². The van der Waals surface area contributed by atoms with Gasteiger partial charge in [0.15, 0.2) is 0 Å². The quantitative estimate of drug-likeness (QED) is 0.689. The molecule has 94 valence electrons. The molecule has 0 saturated heterocycles. The van der Waals surface area contributed by atoms with Crippen LogP contribution in [0.5, 0.6) is 0 Å². The second kappa shape index (κ2) is 4.14. The first kappa shape index (κ1) is 11.8. The second-order valence-corrected chi connectivity index (χ2v) is 6.17. The molecule has 3 unspecified atom stereocenters. The van der Waals surface area contributed by atoms with Crippen molar-refractivity contribution in [3.8, 4) is 11.8 Å². The lowest BCUT2D eigenvalue weighted by molar-refractivity contribution is -0.167. The van der Waals surface area contributed by atoms with E-state index in [9.17, 15) is 5.11 Å². The number of fused-ring (bicyclic) bond motifs is 1. The van der Waals surface area contributed by atoms with Gasteiger partial charge in [0.05, 0.1) is 0 Å². The number of hydrogen-bond acceptors (Lipinski definition) is 1. The van der Waals surface area contributed by atoms with Gasteiger partial charge in [-0.05, 0) is 36.8 Å². The number of benzene rings is 1. The van der Waals surface area contributed by atoms with E-state index >= 15 is 0 Å². The highest BCUT2D eigenvalue weighted by Crippen LogP contribution is 2.60. The Kier molecular flexibility index (Phi) is 2.72. The summed E-state index contributed by atoms with van der Waals surface area (Å²) < 4.78 is 0. The van der Waals surface area contributed by atoms with Crippen LogP contribution in [0.4, 0.5) is 0 Å². The molecule has 1 aromatic carbocycles. The summed E-state index contributed by atoms with van der Waals surface area (Å²) in [6.07, 6.45) is 5.80. The van der Waals surface area contributed by atoms with E-state index < -0.39 is 5.60 Å². The van der Waals surface area contributed by atoms with E-state index in [0.717, 1.165) is 18.4 Å². The van der Waals surface area contributed by atoms with Gasteiger partial charge < -0.3 is 5.11 Å². The first-order valence-electron chi connectivity index (χ1n) is 6.93. The van der Waals surface area contributed by atoms with Gasteiger partial charge in [0.1, 0.15) is 5.60 Å². The molecule has 1 N–H and O–H groups in total. The molecule has 0 spiro atoms. The standard InChI is InChI=1S/C17H20O/c1-16-11-6-5-9-15(16)17(18,13-16)12-10-14-7-3-2-4-8-14/h2-4,7-8,15,18H,5-6,9,11,13H2,1H3. The van der Waals surface area contributed by atoms with Crippen molar-refractivity contribution in [1.82, 2.24) is 0 Å². The molecule has 0 radical (unpaired) electrons. The van der Waals surface area contributed by atoms with E-state index in [2.05, 4.69) is 18.8 Å². The highest BCUT2D eigenvalue weighted by molar-refractivity contribution is 5.38. The van der Waals surface area contributed by atoms with Crippen LogP contribution in [0.1, 0.15) is 44.6 Å². The summed E-state index contributed by atoms with van der Waals surface area (Å²) in [5, 5.41) is 10.7. The Labute approximate surface area is 109 Å². The van der Waals surface area contributed by atoms with Crippen LogP contribution in [0.3, 0.4) is 0 Å². The highest BCUT2D eigenvalue weighted by Gasteiger charge is 2.59. The molecule has 3 rings (SSSR count). The first-order valence-corrected chi connectivity index (χ1v) is 6.93. The molecule has 0 heterocycles. The maximum Gasteiger partial charge on any atom is 0.129 e. The minimum absolute atomic E-state index is 0.346. The molecule has 18 heavy (non-hydrogen) atoms. The van der Waals surface area contributed by atoms with E-state index in [-0.39, 0.29) is 0 Å². The third-order valence-electron chi connectivity index (χ3n) is 4.78. The molecule has 2 fully saturated rings. The number of hydrogen-bond donors (Lipinski definition) is 1. The molecule has 2 saturated carbocycles. The van der Waals surface area contributed by atoms with E-state index in [4.69, 9.17) is 0 Å². The normalized spacial score (nSPS) is 38.0. The van der Waals surface area contributed by atoms with Crippen molar-refractivity contribution in [2.45, 2.75) is 44.6 Å². The summed E-state index contributed by atoms with van der Waals surface area (Å²) in [5.74, 6) is 6.66. The molecular weight excluding hydrogens is 220 g/mol. The van der Waals surface area contributed by atoms with E-state index in [1.165, 1.54) is 19.3 Å².